The summed E-state index contributed by atoms with van der Waals surface area (Å²) in [6.45, 7) is 0.914. The van der Waals surface area contributed by atoms with E-state index in [9.17, 15) is 9.59 Å². The quantitative estimate of drug-likeness (QED) is 0.312. The van der Waals surface area contributed by atoms with Crippen LogP contribution in [-0.4, -0.2) is 50.7 Å². The van der Waals surface area contributed by atoms with Crippen molar-refractivity contribution in [2.75, 3.05) is 29.9 Å². The molecule has 10 heteroatoms. The second-order valence-corrected chi connectivity index (χ2v) is 9.10. The van der Waals surface area contributed by atoms with Crippen LogP contribution in [-0.2, 0) is 7.05 Å². The number of nitrogens with zero attached hydrogens (tertiary/aromatic N) is 4. The van der Waals surface area contributed by atoms with Crippen LogP contribution in [0.15, 0.2) is 73.2 Å². The summed E-state index contributed by atoms with van der Waals surface area (Å²) in [5, 5.41) is 10.1. The zero-order valence-electron chi connectivity index (χ0n) is 20.4. The Morgan fingerprint density at radius 2 is 1.76 bits per heavy atom. The molecule has 1 fully saturated rings. The first-order valence-corrected chi connectivity index (χ1v) is 11.9. The molecule has 6 N–H and O–H groups in total. The lowest BCUT2D eigenvalue weighted by atomic mass is 10.0. The summed E-state index contributed by atoms with van der Waals surface area (Å²) in [6, 6.07) is 16.5. The Morgan fingerprint density at radius 1 is 0.973 bits per heavy atom. The summed E-state index contributed by atoms with van der Waals surface area (Å²) in [4.78, 5) is 31.8. The fourth-order valence-corrected chi connectivity index (χ4v) is 4.41. The Morgan fingerprint density at radius 3 is 2.51 bits per heavy atom. The fraction of sp³-hybridized carbons (Fsp3) is 0.185. The Hall–Kier alpha value is -4.86. The van der Waals surface area contributed by atoms with Gasteiger partial charge in [0, 0.05) is 61.1 Å². The minimum atomic E-state index is -0.321. The van der Waals surface area contributed by atoms with Gasteiger partial charge in [0.2, 0.25) is 0 Å². The predicted octanol–water partition coefficient (Wildman–Crippen LogP) is 3.35. The Labute approximate surface area is 214 Å². The van der Waals surface area contributed by atoms with Crippen LogP contribution in [0.5, 0.6) is 0 Å². The van der Waals surface area contributed by atoms with Crippen LogP contribution in [0.4, 0.5) is 22.0 Å². The van der Waals surface area contributed by atoms with E-state index in [-0.39, 0.29) is 23.8 Å². The van der Waals surface area contributed by atoms with Crippen molar-refractivity contribution in [3.05, 3.63) is 78.8 Å². The van der Waals surface area contributed by atoms with Gasteiger partial charge in [-0.1, -0.05) is 24.3 Å². The van der Waals surface area contributed by atoms with E-state index in [0.29, 0.717) is 36.4 Å². The largest absolute Gasteiger partial charge is 0.399 e. The number of rotatable bonds is 5. The second kappa shape index (κ2) is 10.0. The molecule has 0 radical (unpaired) electrons. The average molecular weight is 497 g/mol. The molecule has 5 rings (SSSR count). The maximum Gasteiger partial charge on any atom is 0.321 e. The van der Waals surface area contributed by atoms with Gasteiger partial charge in [-0.15, -0.1) is 0 Å². The van der Waals surface area contributed by atoms with E-state index >= 15 is 0 Å². The number of amides is 3. The van der Waals surface area contributed by atoms with Crippen LogP contribution >= 0.6 is 0 Å². The first-order chi connectivity index (χ1) is 17.9. The monoisotopic (exact) mass is 496 g/mol. The number of benzene rings is 2. The Balaban J connectivity index is 1.21. The van der Waals surface area contributed by atoms with Gasteiger partial charge in [0.05, 0.1) is 11.8 Å². The van der Waals surface area contributed by atoms with Gasteiger partial charge >= 0.3 is 6.03 Å². The minimum absolute atomic E-state index is 0.151. The molecule has 37 heavy (non-hydrogen) atoms. The van der Waals surface area contributed by atoms with E-state index in [1.165, 1.54) is 0 Å². The van der Waals surface area contributed by atoms with Crippen molar-refractivity contribution in [3.8, 4) is 22.3 Å². The van der Waals surface area contributed by atoms with Crippen LogP contribution in [0, 0.1) is 0 Å². The molecule has 188 valence electrons. The van der Waals surface area contributed by atoms with Gasteiger partial charge in [-0.3, -0.25) is 9.48 Å². The molecule has 0 spiro atoms. The van der Waals surface area contributed by atoms with Crippen molar-refractivity contribution in [3.63, 3.8) is 0 Å². The molecule has 0 aliphatic carbocycles. The number of nitrogens with two attached hydrogens (primary N) is 2. The van der Waals surface area contributed by atoms with Crippen molar-refractivity contribution in [2.45, 2.75) is 12.5 Å². The van der Waals surface area contributed by atoms with E-state index in [1.807, 2.05) is 61.8 Å². The molecule has 1 aliphatic rings. The maximum atomic E-state index is 13.0. The lowest BCUT2D eigenvalue weighted by molar-refractivity contribution is 0.0938. The molecule has 1 saturated heterocycles. The van der Waals surface area contributed by atoms with Gasteiger partial charge in [-0.2, -0.15) is 5.10 Å². The number of aromatic nitrogens is 3. The standard InChI is InChI=1S/C27H28N8O2/c1-34-15-20(14-31-34)19-12-24(25(29)30-13-19)26(36)32-23-8-9-35(16-23)27(37)33-22-7-3-5-18(11-22)17-4-2-6-21(28)10-17/h2-7,10-15,23H,8-9,16,28H2,1H3,(H2,29,30)(H,32,36)(H,33,37)/t23-/m1/s1. The van der Waals surface area contributed by atoms with Gasteiger partial charge in [0.1, 0.15) is 5.82 Å². The lowest BCUT2D eigenvalue weighted by Crippen LogP contribution is -2.40. The van der Waals surface area contributed by atoms with E-state index in [1.54, 1.807) is 28.0 Å². The average Bonchev–Trinajstić information content (AvgIpc) is 3.54. The Bertz CT molecular complexity index is 1460. The molecular formula is C27H28N8O2. The van der Waals surface area contributed by atoms with Crippen molar-refractivity contribution in [2.24, 2.45) is 7.05 Å². The minimum Gasteiger partial charge on any atom is -0.399 e. The van der Waals surface area contributed by atoms with Crippen molar-refractivity contribution >= 4 is 29.1 Å². The molecular weight excluding hydrogens is 468 g/mol. The smallest absolute Gasteiger partial charge is 0.321 e. The molecule has 1 aliphatic heterocycles. The number of carbonyl (C=O) groups excluding carboxylic acids is 2. The number of aryl methyl sites for hydroxylation is 1. The number of nitrogens with one attached hydrogen (secondary N) is 2. The first-order valence-electron chi connectivity index (χ1n) is 11.9. The summed E-state index contributed by atoms with van der Waals surface area (Å²) < 4.78 is 1.68. The summed E-state index contributed by atoms with van der Waals surface area (Å²) in [5.74, 6) is -0.171. The molecule has 0 bridgehead atoms. The van der Waals surface area contributed by atoms with Gasteiger partial charge < -0.3 is 27.0 Å². The molecule has 0 unspecified atom stereocenters. The molecule has 3 heterocycles. The number of urea groups is 1. The number of likely N-dealkylation sites (tertiary alicyclic amines) is 1. The zero-order valence-corrected chi connectivity index (χ0v) is 20.4. The number of pyridine rings is 1. The third kappa shape index (κ3) is 5.37. The molecule has 4 aromatic rings. The number of nitrogen functional groups attached to an aromatic ring is 2. The number of carbonyl (C=O) groups is 2. The molecule has 0 saturated carbocycles. The van der Waals surface area contributed by atoms with Gasteiger partial charge in [-0.05, 0) is 47.9 Å². The Kier molecular flexibility index (Phi) is 6.46. The van der Waals surface area contributed by atoms with E-state index < -0.39 is 0 Å². The van der Waals surface area contributed by atoms with E-state index in [0.717, 1.165) is 22.3 Å². The lowest BCUT2D eigenvalue weighted by Gasteiger charge is -2.18. The summed E-state index contributed by atoms with van der Waals surface area (Å²) in [6.07, 6.45) is 5.80. The van der Waals surface area contributed by atoms with E-state index in [2.05, 4.69) is 20.7 Å². The predicted molar refractivity (Wildman–Crippen MR) is 144 cm³/mol. The SMILES string of the molecule is Cn1cc(-c2cnc(N)c(C(=O)N[C@@H]3CCN(C(=O)Nc4cccc(-c5cccc(N)c5)c4)C3)c2)cn1. The van der Waals surface area contributed by atoms with Crippen LogP contribution in [0.1, 0.15) is 16.8 Å². The highest BCUT2D eigenvalue weighted by Gasteiger charge is 2.28. The van der Waals surface area contributed by atoms with Crippen molar-refractivity contribution in [1.29, 1.82) is 0 Å². The maximum absolute atomic E-state index is 13.0. The zero-order chi connectivity index (χ0) is 25.9. The number of hydrogen-bond donors (Lipinski definition) is 4. The summed E-state index contributed by atoms with van der Waals surface area (Å²) in [5.41, 5.74) is 17.1. The number of hydrogen-bond acceptors (Lipinski definition) is 6. The van der Waals surface area contributed by atoms with Crippen LogP contribution < -0.4 is 22.1 Å². The summed E-state index contributed by atoms with van der Waals surface area (Å²) >= 11 is 0. The van der Waals surface area contributed by atoms with Gasteiger partial charge in [-0.25, -0.2) is 9.78 Å². The van der Waals surface area contributed by atoms with Gasteiger partial charge in [0.25, 0.3) is 5.91 Å². The second-order valence-electron chi connectivity index (χ2n) is 9.10. The van der Waals surface area contributed by atoms with Crippen molar-refractivity contribution in [1.82, 2.24) is 25.0 Å². The highest BCUT2D eigenvalue weighted by Crippen LogP contribution is 2.25. The highest BCUT2D eigenvalue weighted by molar-refractivity contribution is 5.99. The van der Waals surface area contributed by atoms with Gasteiger partial charge in [0.15, 0.2) is 0 Å². The van der Waals surface area contributed by atoms with Crippen LogP contribution in [0.25, 0.3) is 22.3 Å². The van der Waals surface area contributed by atoms with E-state index in [4.69, 9.17) is 11.5 Å². The van der Waals surface area contributed by atoms with Crippen LogP contribution in [0.3, 0.4) is 0 Å². The normalized spacial score (nSPS) is 14.9. The van der Waals surface area contributed by atoms with Crippen molar-refractivity contribution < 1.29 is 9.59 Å². The highest BCUT2D eigenvalue weighted by atomic mass is 16.2. The first kappa shape index (κ1) is 23.9. The third-order valence-electron chi connectivity index (χ3n) is 6.35. The summed E-state index contributed by atoms with van der Waals surface area (Å²) in [7, 11) is 1.82. The fourth-order valence-electron chi connectivity index (χ4n) is 4.41. The molecule has 2 aromatic carbocycles. The molecule has 1 atom stereocenters. The molecule has 2 aromatic heterocycles. The topological polar surface area (TPSA) is 144 Å². The van der Waals surface area contributed by atoms with Crippen LogP contribution in [0.2, 0.25) is 0 Å². The number of anilines is 3. The molecule has 10 nitrogen and oxygen atoms in total. The molecule has 3 amide bonds. The third-order valence-corrected chi connectivity index (χ3v) is 6.35.